The Morgan fingerprint density at radius 1 is 1.00 bits per heavy atom. The van der Waals surface area contributed by atoms with E-state index in [9.17, 15) is 18.0 Å². The van der Waals surface area contributed by atoms with Crippen LogP contribution in [0.15, 0.2) is 52.1 Å². The molecule has 0 aliphatic carbocycles. The summed E-state index contributed by atoms with van der Waals surface area (Å²) in [7, 11) is 0. The van der Waals surface area contributed by atoms with Gasteiger partial charge in [-0.05, 0) is 17.7 Å². The third-order valence-corrected chi connectivity index (χ3v) is 2.27. The number of hydrogen-bond donors (Lipinski definition) is 0. The number of hydrogen-bond acceptors (Lipinski definition) is 2. The molecule has 0 bridgehead atoms. The Hall–Kier alpha value is -2.04. The number of rotatable bonds is 1. The van der Waals surface area contributed by atoms with Gasteiger partial charge in [-0.2, -0.15) is 13.2 Å². The molecular formula is C12H7F3O2. The molecular weight excluding hydrogens is 233 g/mol. The Kier molecular flexibility index (Phi) is 2.75. The summed E-state index contributed by atoms with van der Waals surface area (Å²) in [5.74, 6) is 0. The highest BCUT2D eigenvalue weighted by Gasteiger charge is 2.30. The van der Waals surface area contributed by atoms with Crippen LogP contribution >= 0.6 is 0 Å². The first kappa shape index (κ1) is 11.4. The molecule has 2 nitrogen and oxygen atoms in total. The highest BCUT2D eigenvalue weighted by Crippen LogP contribution is 2.30. The van der Waals surface area contributed by atoms with Crippen molar-refractivity contribution in [3.63, 3.8) is 0 Å². The van der Waals surface area contributed by atoms with Crippen molar-refractivity contribution >= 4 is 0 Å². The fourth-order valence-electron chi connectivity index (χ4n) is 1.41. The molecule has 0 aliphatic heterocycles. The number of alkyl halides is 3. The van der Waals surface area contributed by atoms with Crippen molar-refractivity contribution in [3.05, 3.63) is 58.6 Å². The van der Waals surface area contributed by atoms with Gasteiger partial charge in [-0.15, -0.1) is 0 Å². The topological polar surface area (TPSA) is 30.2 Å². The van der Waals surface area contributed by atoms with E-state index in [0.717, 1.165) is 12.1 Å². The summed E-state index contributed by atoms with van der Waals surface area (Å²) in [6.45, 7) is 0. The van der Waals surface area contributed by atoms with E-state index in [1.165, 1.54) is 30.7 Å². The van der Waals surface area contributed by atoms with Crippen molar-refractivity contribution in [1.29, 1.82) is 0 Å². The molecule has 0 amide bonds. The van der Waals surface area contributed by atoms with Gasteiger partial charge in [0.15, 0.2) is 5.43 Å². The molecule has 2 rings (SSSR count). The molecule has 0 unspecified atom stereocenters. The van der Waals surface area contributed by atoms with E-state index in [-0.39, 0.29) is 11.0 Å². The Morgan fingerprint density at radius 2 is 1.65 bits per heavy atom. The van der Waals surface area contributed by atoms with Crippen LogP contribution in [0.5, 0.6) is 0 Å². The predicted molar refractivity (Wildman–Crippen MR) is 55.4 cm³/mol. The van der Waals surface area contributed by atoms with Crippen LogP contribution < -0.4 is 5.43 Å². The molecule has 0 spiro atoms. The van der Waals surface area contributed by atoms with E-state index >= 15 is 0 Å². The van der Waals surface area contributed by atoms with Crippen LogP contribution in [0.3, 0.4) is 0 Å². The van der Waals surface area contributed by atoms with E-state index in [1.54, 1.807) is 0 Å². The Labute approximate surface area is 94.3 Å². The maximum Gasteiger partial charge on any atom is 0.416 e. The normalized spacial score (nSPS) is 11.5. The molecule has 1 heterocycles. The minimum absolute atomic E-state index is 0.237. The van der Waals surface area contributed by atoms with Crippen LogP contribution in [0, 0.1) is 0 Å². The SMILES string of the molecule is O=c1ccocc1-c1ccc(C(F)(F)F)cc1. The summed E-state index contributed by atoms with van der Waals surface area (Å²) >= 11 is 0. The van der Waals surface area contributed by atoms with Crippen LogP contribution in [0.25, 0.3) is 11.1 Å². The van der Waals surface area contributed by atoms with Gasteiger partial charge in [-0.3, -0.25) is 4.79 Å². The van der Waals surface area contributed by atoms with E-state index in [0.29, 0.717) is 5.56 Å². The van der Waals surface area contributed by atoms with Crippen molar-refractivity contribution < 1.29 is 17.6 Å². The monoisotopic (exact) mass is 240 g/mol. The van der Waals surface area contributed by atoms with E-state index < -0.39 is 11.7 Å². The second-order valence-corrected chi connectivity index (χ2v) is 3.41. The van der Waals surface area contributed by atoms with Gasteiger partial charge in [0.25, 0.3) is 0 Å². The second kappa shape index (κ2) is 4.08. The van der Waals surface area contributed by atoms with Crippen LogP contribution in [-0.4, -0.2) is 0 Å². The average molecular weight is 240 g/mol. The van der Waals surface area contributed by atoms with Crippen molar-refractivity contribution in [2.24, 2.45) is 0 Å². The molecule has 0 fully saturated rings. The van der Waals surface area contributed by atoms with Crippen LogP contribution in [0.2, 0.25) is 0 Å². The number of benzene rings is 1. The predicted octanol–water partition coefficient (Wildman–Crippen LogP) is 3.33. The quantitative estimate of drug-likeness (QED) is 0.765. The van der Waals surface area contributed by atoms with E-state index in [1.807, 2.05) is 0 Å². The van der Waals surface area contributed by atoms with Gasteiger partial charge in [-0.1, -0.05) is 12.1 Å². The lowest BCUT2D eigenvalue weighted by molar-refractivity contribution is -0.137. The Balaban J connectivity index is 2.44. The summed E-state index contributed by atoms with van der Waals surface area (Å²) < 4.78 is 41.8. The zero-order valence-corrected chi connectivity index (χ0v) is 8.49. The molecule has 1 aromatic heterocycles. The van der Waals surface area contributed by atoms with Gasteiger partial charge in [0.2, 0.25) is 0 Å². The molecule has 5 heteroatoms. The number of halogens is 3. The van der Waals surface area contributed by atoms with Gasteiger partial charge in [0.05, 0.1) is 17.4 Å². The highest BCUT2D eigenvalue weighted by atomic mass is 19.4. The first-order valence-electron chi connectivity index (χ1n) is 4.72. The molecule has 17 heavy (non-hydrogen) atoms. The molecule has 1 aromatic carbocycles. The average Bonchev–Trinajstić information content (AvgIpc) is 2.29. The van der Waals surface area contributed by atoms with E-state index in [2.05, 4.69) is 0 Å². The van der Waals surface area contributed by atoms with Gasteiger partial charge in [-0.25, -0.2) is 0 Å². The van der Waals surface area contributed by atoms with Crippen LogP contribution in [0.1, 0.15) is 5.56 Å². The van der Waals surface area contributed by atoms with Crippen LogP contribution in [0.4, 0.5) is 13.2 Å². The third-order valence-electron chi connectivity index (χ3n) is 2.27. The zero-order chi connectivity index (χ0) is 12.5. The Bertz CT molecular complexity index is 567. The summed E-state index contributed by atoms with van der Waals surface area (Å²) in [5.41, 5.74) is -0.411. The van der Waals surface area contributed by atoms with Gasteiger partial charge < -0.3 is 4.42 Å². The minimum Gasteiger partial charge on any atom is -0.472 e. The maximum absolute atomic E-state index is 12.3. The molecule has 0 atom stereocenters. The van der Waals surface area contributed by atoms with E-state index in [4.69, 9.17) is 4.42 Å². The largest absolute Gasteiger partial charge is 0.472 e. The molecule has 0 saturated heterocycles. The van der Waals surface area contributed by atoms with Crippen molar-refractivity contribution in [2.75, 3.05) is 0 Å². The third kappa shape index (κ3) is 2.38. The lowest BCUT2D eigenvalue weighted by Gasteiger charge is -2.06. The molecule has 2 aromatic rings. The second-order valence-electron chi connectivity index (χ2n) is 3.41. The molecule has 0 aliphatic rings. The van der Waals surface area contributed by atoms with Crippen molar-refractivity contribution in [2.45, 2.75) is 6.18 Å². The van der Waals surface area contributed by atoms with Gasteiger partial charge >= 0.3 is 6.18 Å². The molecule has 88 valence electrons. The highest BCUT2D eigenvalue weighted by molar-refractivity contribution is 5.62. The van der Waals surface area contributed by atoms with Crippen molar-refractivity contribution in [1.82, 2.24) is 0 Å². The summed E-state index contributed by atoms with van der Waals surface area (Å²) in [5, 5.41) is 0. The lowest BCUT2D eigenvalue weighted by atomic mass is 10.1. The standard InChI is InChI=1S/C12H7F3O2/c13-12(14,15)9-3-1-8(2-4-9)10-7-17-6-5-11(10)16/h1-7H. The summed E-state index contributed by atoms with van der Waals surface area (Å²) in [6, 6.07) is 5.57. The molecule has 0 saturated carbocycles. The minimum atomic E-state index is -4.38. The fourth-order valence-corrected chi connectivity index (χ4v) is 1.41. The zero-order valence-electron chi connectivity index (χ0n) is 8.49. The van der Waals surface area contributed by atoms with Gasteiger partial charge in [0, 0.05) is 6.07 Å². The fraction of sp³-hybridized carbons (Fsp3) is 0.0833. The maximum atomic E-state index is 12.3. The molecule has 0 N–H and O–H groups in total. The first-order chi connectivity index (χ1) is 7.98. The van der Waals surface area contributed by atoms with Crippen molar-refractivity contribution in [3.8, 4) is 11.1 Å². The smallest absolute Gasteiger partial charge is 0.416 e. The first-order valence-corrected chi connectivity index (χ1v) is 4.72. The Morgan fingerprint density at radius 3 is 2.18 bits per heavy atom. The summed E-state index contributed by atoms with van der Waals surface area (Å²) in [4.78, 5) is 11.4. The molecule has 0 radical (unpaired) electrons. The van der Waals surface area contributed by atoms with Crippen LogP contribution in [-0.2, 0) is 6.18 Å². The summed E-state index contributed by atoms with van der Waals surface area (Å²) in [6.07, 6.45) is -1.94. The lowest BCUT2D eigenvalue weighted by Crippen LogP contribution is -2.05. The van der Waals surface area contributed by atoms with Gasteiger partial charge in [0.1, 0.15) is 6.26 Å².